The number of hydrogen-bond donors (Lipinski definition) is 2. The Balaban J connectivity index is 1.99. The molecule has 31 heavy (non-hydrogen) atoms. The summed E-state index contributed by atoms with van der Waals surface area (Å²) >= 11 is 11.7. The molecule has 0 saturated carbocycles. The summed E-state index contributed by atoms with van der Waals surface area (Å²) in [4.78, 5) is 11.2. The lowest BCUT2D eigenvalue weighted by molar-refractivity contribution is -0.153. The van der Waals surface area contributed by atoms with Crippen LogP contribution in [0.15, 0.2) is 47.4 Å². The fraction of sp³-hybridized carbons (Fsp3) is 0.381. The van der Waals surface area contributed by atoms with Crippen LogP contribution in [0.5, 0.6) is 5.75 Å². The van der Waals surface area contributed by atoms with Crippen LogP contribution in [-0.2, 0) is 25.8 Å². The summed E-state index contributed by atoms with van der Waals surface area (Å²) in [5.74, 6) is -1.29. The third-order valence-corrected chi connectivity index (χ3v) is 6.62. The fourth-order valence-corrected chi connectivity index (χ4v) is 4.98. The molecule has 0 bridgehead atoms. The van der Waals surface area contributed by atoms with Crippen molar-refractivity contribution >= 4 is 39.0 Å². The van der Waals surface area contributed by atoms with Gasteiger partial charge in [0.2, 0.25) is 0 Å². The van der Waals surface area contributed by atoms with Gasteiger partial charge in [0.15, 0.2) is 15.9 Å². The summed E-state index contributed by atoms with van der Waals surface area (Å²) in [5, 5.41) is 19.8. The summed E-state index contributed by atoms with van der Waals surface area (Å²) in [6, 6.07) is 10.7. The molecule has 2 unspecified atom stereocenters. The van der Waals surface area contributed by atoms with Crippen LogP contribution in [0.4, 0.5) is 0 Å². The number of halogens is 2. The van der Waals surface area contributed by atoms with Crippen molar-refractivity contribution < 1.29 is 32.9 Å². The monoisotopic (exact) mass is 490 g/mol. The van der Waals surface area contributed by atoms with E-state index in [0.717, 1.165) is 0 Å². The normalized spacial score (nSPS) is 13.7. The highest BCUT2D eigenvalue weighted by Gasteiger charge is 2.23. The third-order valence-electron chi connectivity index (χ3n) is 4.11. The smallest absolute Gasteiger partial charge is 0.333 e. The van der Waals surface area contributed by atoms with Crippen LogP contribution in [-0.4, -0.2) is 55.3 Å². The molecule has 2 atom stereocenters. The Kier molecular flexibility index (Phi) is 9.14. The minimum absolute atomic E-state index is 0.0232. The Bertz CT molecular complexity index is 1010. The predicted molar refractivity (Wildman–Crippen MR) is 118 cm³/mol. The first-order chi connectivity index (χ1) is 14.5. The zero-order valence-corrected chi connectivity index (χ0v) is 19.3. The van der Waals surface area contributed by atoms with Crippen molar-refractivity contribution in [1.82, 2.24) is 0 Å². The van der Waals surface area contributed by atoms with Gasteiger partial charge in [0.1, 0.15) is 18.5 Å². The highest BCUT2D eigenvalue weighted by molar-refractivity contribution is 7.91. The second kappa shape index (κ2) is 11.2. The minimum atomic E-state index is -3.86. The van der Waals surface area contributed by atoms with Gasteiger partial charge in [0.25, 0.3) is 0 Å². The first-order valence-electron chi connectivity index (χ1n) is 9.44. The van der Waals surface area contributed by atoms with Gasteiger partial charge in [-0.05, 0) is 49.7 Å². The second-order valence-corrected chi connectivity index (χ2v) is 10.0. The quantitative estimate of drug-likeness (QED) is 0.494. The molecule has 0 aliphatic carbocycles. The van der Waals surface area contributed by atoms with E-state index in [-0.39, 0.29) is 29.0 Å². The average molecular weight is 491 g/mol. The molecule has 0 amide bonds. The number of ether oxygens (including phenoxy) is 2. The summed E-state index contributed by atoms with van der Waals surface area (Å²) in [6.45, 7) is 3.23. The first kappa shape index (κ1) is 25.4. The molecule has 2 aromatic rings. The number of rotatable bonds is 11. The van der Waals surface area contributed by atoms with Crippen LogP contribution in [0.3, 0.4) is 0 Å². The maximum atomic E-state index is 12.5. The number of hydrogen-bond acceptors (Lipinski definition) is 6. The maximum absolute atomic E-state index is 12.5. The number of aliphatic hydroxyl groups excluding tert-OH is 1. The lowest BCUT2D eigenvalue weighted by Gasteiger charge is -2.17. The van der Waals surface area contributed by atoms with E-state index in [0.29, 0.717) is 16.3 Å². The van der Waals surface area contributed by atoms with Gasteiger partial charge in [-0.15, -0.1) is 0 Å². The number of carboxylic acids is 1. The topological polar surface area (TPSA) is 110 Å². The van der Waals surface area contributed by atoms with Crippen molar-refractivity contribution in [3.05, 3.63) is 58.1 Å². The number of carboxylic acid groups (broad SMARTS) is 1. The third kappa shape index (κ3) is 7.97. The van der Waals surface area contributed by atoms with Gasteiger partial charge in [-0.1, -0.05) is 35.3 Å². The highest BCUT2D eigenvalue weighted by atomic mass is 35.5. The SMILES string of the molecule is CC(C)OC(Cc1cccc(OCC(O)CS(=O)(=O)c2ccc(Cl)cc2Cl)c1)C(=O)O. The van der Waals surface area contributed by atoms with E-state index in [4.69, 9.17) is 32.7 Å². The number of aliphatic hydroxyl groups is 1. The molecule has 170 valence electrons. The zero-order valence-electron chi connectivity index (χ0n) is 17.0. The van der Waals surface area contributed by atoms with Crippen LogP contribution in [0, 0.1) is 0 Å². The van der Waals surface area contributed by atoms with Crippen LogP contribution >= 0.6 is 23.2 Å². The van der Waals surface area contributed by atoms with Crippen molar-refractivity contribution in [1.29, 1.82) is 0 Å². The molecule has 7 nitrogen and oxygen atoms in total. The minimum Gasteiger partial charge on any atom is -0.491 e. The molecule has 0 saturated heterocycles. The fourth-order valence-electron chi connectivity index (χ4n) is 2.81. The number of aliphatic carboxylic acids is 1. The largest absolute Gasteiger partial charge is 0.491 e. The molecule has 0 fully saturated rings. The van der Waals surface area contributed by atoms with Gasteiger partial charge < -0.3 is 19.7 Å². The van der Waals surface area contributed by atoms with E-state index in [1.54, 1.807) is 38.1 Å². The molecule has 0 spiro atoms. The molecule has 2 N–H and O–H groups in total. The first-order valence-corrected chi connectivity index (χ1v) is 11.8. The predicted octanol–water partition coefficient (Wildman–Crippen LogP) is 3.63. The summed E-state index contributed by atoms with van der Waals surface area (Å²) < 4.78 is 35.9. The van der Waals surface area contributed by atoms with E-state index in [2.05, 4.69) is 0 Å². The van der Waals surface area contributed by atoms with Crippen molar-refractivity contribution in [2.75, 3.05) is 12.4 Å². The standard InChI is InChI=1S/C21H24Cl2O7S/c1-13(2)30-19(21(25)26)9-14-4-3-5-17(8-14)29-11-16(24)12-31(27,28)20-7-6-15(22)10-18(20)23/h3-8,10,13,16,19,24H,9,11-12H2,1-2H3,(H,25,26). The maximum Gasteiger partial charge on any atom is 0.333 e. The number of benzene rings is 2. The van der Waals surface area contributed by atoms with Gasteiger partial charge in [-0.3, -0.25) is 0 Å². The van der Waals surface area contributed by atoms with E-state index in [9.17, 15) is 23.4 Å². The van der Waals surface area contributed by atoms with Crippen LogP contribution < -0.4 is 4.74 Å². The Hall–Kier alpha value is -1.84. The molecular weight excluding hydrogens is 467 g/mol. The van der Waals surface area contributed by atoms with E-state index in [1.807, 2.05) is 0 Å². The molecule has 0 heterocycles. The van der Waals surface area contributed by atoms with Gasteiger partial charge in [-0.25, -0.2) is 13.2 Å². The molecule has 2 rings (SSSR count). The van der Waals surface area contributed by atoms with E-state index >= 15 is 0 Å². The molecule has 0 aromatic heterocycles. The van der Waals surface area contributed by atoms with Crippen molar-refractivity contribution in [2.45, 2.75) is 43.5 Å². The number of sulfone groups is 1. The van der Waals surface area contributed by atoms with Crippen molar-refractivity contribution in [3.8, 4) is 5.75 Å². The van der Waals surface area contributed by atoms with Crippen LogP contribution in [0.2, 0.25) is 10.0 Å². The van der Waals surface area contributed by atoms with Crippen LogP contribution in [0.25, 0.3) is 0 Å². The van der Waals surface area contributed by atoms with Gasteiger partial charge in [0, 0.05) is 11.4 Å². The molecule has 10 heteroatoms. The lowest BCUT2D eigenvalue weighted by Crippen LogP contribution is -2.29. The summed E-state index contributed by atoms with van der Waals surface area (Å²) in [5.41, 5.74) is 0.667. The molecule has 0 aliphatic heterocycles. The molecule has 2 aromatic carbocycles. The lowest BCUT2D eigenvalue weighted by atomic mass is 10.1. The van der Waals surface area contributed by atoms with Crippen LogP contribution in [0.1, 0.15) is 19.4 Å². The zero-order chi connectivity index (χ0) is 23.2. The van der Waals surface area contributed by atoms with E-state index < -0.39 is 33.8 Å². The summed E-state index contributed by atoms with van der Waals surface area (Å²) in [7, 11) is -3.86. The van der Waals surface area contributed by atoms with E-state index in [1.165, 1.54) is 18.2 Å². The summed E-state index contributed by atoms with van der Waals surface area (Å²) in [6.07, 6.45) is -2.42. The Morgan fingerprint density at radius 3 is 2.45 bits per heavy atom. The Morgan fingerprint density at radius 1 is 1.13 bits per heavy atom. The van der Waals surface area contributed by atoms with Gasteiger partial charge in [0.05, 0.1) is 21.8 Å². The Labute approximate surface area is 191 Å². The second-order valence-electron chi connectivity index (χ2n) is 7.18. The van der Waals surface area contributed by atoms with Crippen molar-refractivity contribution in [2.24, 2.45) is 0 Å². The molecular formula is C21H24Cl2O7S. The molecule has 0 aliphatic rings. The Morgan fingerprint density at radius 2 is 1.84 bits per heavy atom. The van der Waals surface area contributed by atoms with Gasteiger partial charge in [-0.2, -0.15) is 0 Å². The number of carbonyl (C=O) groups is 1. The molecule has 0 radical (unpaired) electrons. The average Bonchev–Trinajstić information content (AvgIpc) is 2.65. The van der Waals surface area contributed by atoms with Gasteiger partial charge >= 0.3 is 5.97 Å². The van der Waals surface area contributed by atoms with Crippen molar-refractivity contribution in [3.63, 3.8) is 0 Å². The highest BCUT2D eigenvalue weighted by Crippen LogP contribution is 2.26.